The third kappa shape index (κ3) is 2.60. The Morgan fingerprint density at radius 3 is 2.69 bits per heavy atom. The van der Waals surface area contributed by atoms with Crippen LogP contribution < -0.4 is 0 Å². The molecule has 0 heterocycles. The summed E-state index contributed by atoms with van der Waals surface area (Å²) in [5.74, 6) is 0.554. The Balaban J connectivity index is 2.24. The van der Waals surface area contributed by atoms with Crippen LogP contribution in [0, 0.1) is 5.92 Å². The van der Waals surface area contributed by atoms with Crippen LogP contribution in [0.4, 0.5) is 0 Å². The van der Waals surface area contributed by atoms with Crippen molar-refractivity contribution >= 4 is 11.9 Å². The molecule has 0 aromatic heterocycles. The van der Waals surface area contributed by atoms with Gasteiger partial charge in [0.2, 0.25) is 0 Å². The Kier molecular flexibility index (Phi) is 3.55. The zero-order valence-corrected chi connectivity index (χ0v) is 9.78. The summed E-state index contributed by atoms with van der Waals surface area (Å²) >= 11 is 0. The molecule has 1 aromatic rings. The molecule has 1 nitrogen and oxygen atoms in total. The van der Waals surface area contributed by atoms with Crippen LogP contribution in [0.1, 0.15) is 38.2 Å². The highest BCUT2D eigenvalue weighted by Gasteiger charge is 2.20. The molecular weight excluding hydrogens is 196 g/mol. The number of hydrogen-bond donors (Lipinski definition) is 0. The number of Topliss-reactive ketones (excluding diaryl/α,β-unsaturated/α-hetero) is 1. The van der Waals surface area contributed by atoms with E-state index in [1.54, 1.807) is 0 Å². The van der Waals surface area contributed by atoms with Gasteiger partial charge in [0.1, 0.15) is 0 Å². The lowest BCUT2D eigenvalue weighted by Crippen LogP contribution is -2.10. The second kappa shape index (κ2) is 5.11. The van der Waals surface area contributed by atoms with E-state index in [-0.39, 0.29) is 5.92 Å². The largest absolute Gasteiger partial charge is 0.294 e. The molecule has 1 aromatic carbocycles. The van der Waals surface area contributed by atoms with E-state index in [0.29, 0.717) is 5.78 Å². The molecular formula is C15H18O. The third-order valence-electron chi connectivity index (χ3n) is 3.24. The van der Waals surface area contributed by atoms with E-state index in [1.807, 2.05) is 25.1 Å². The van der Waals surface area contributed by atoms with Gasteiger partial charge < -0.3 is 0 Å². The molecule has 0 amide bonds. The van der Waals surface area contributed by atoms with Crippen molar-refractivity contribution in [1.82, 2.24) is 0 Å². The van der Waals surface area contributed by atoms with E-state index < -0.39 is 0 Å². The van der Waals surface area contributed by atoms with Crippen molar-refractivity contribution in [2.24, 2.45) is 5.92 Å². The number of carbonyl (C=O) groups is 1. The summed E-state index contributed by atoms with van der Waals surface area (Å²) in [6, 6.07) is 10.1. The monoisotopic (exact) mass is 214 g/mol. The van der Waals surface area contributed by atoms with E-state index in [9.17, 15) is 4.79 Å². The molecule has 84 valence electrons. The summed E-state index contributed by atoms with van der Waals surface area (Å²) in [6.07, 6.45) is 6.38. The predicted molar refractivity (Wildman–Crippen MR) is 67.1 cm³/mol. The Bertz CT molecular complexity index is 389. The minimum Gasteiger partial charge on any atom is -0.294 e. The molecule has 1 heteroatoms. The SMILES string of the molecule is CC1CCCC/C(=C\c2ccccc2)C1=O. The zero-order chi connectivity index (χ0) is 11.4. The lowest BCUT2D eigenvalue weighted by Gasteiger charge is -2.07. The Morgan fingerprint density at radius 2 is 1.94 bits per heavy atom. The first-order valence-electron chi connectivity index (χ1n) is 6.07. The van der Waals surface area contributed by atoms with E-state index in [0.717, 1.165) is 30.4 Å². The van der Waals surface area contributed by atoms with E-state index in [2.05, 4.69) is 18.2 Å². The fourth-order valence-corrected chi connectivity index (χ4v) is 2.23. The maximum Gasteiger partial charge on any atom is 0.161 e. The summed E-state index contributed by atoms with van der Waals surface area (Å²) in [4.78, 5) is 12.1. The van der Waals surface area contributed by atoms with Gasteiger partial charge in [0.25, 0.3) is 0 Å². The molecule has 0 saturated heterocycles. The number of rotatable bonds is 1. The molecule has 0 N–H and O–H groups in total. The summed E-state index contributed by atoms with van der Waals surface area (Å²) in [5.41, 5.74) is 2.15. The van der Waals surface area contributed by atoms with Gasteiger partial charge in [-0.05, 0) is 36.5 Å². The first-order valence-corrected chi connectivity index (χ1v) is 6.07. The van der Waals surface area contributed by atoms with Crippen LogP contribution in [0.25, 0.3) is 6.08 Å². The average molecular weight is 214 g/mol. The van der Waals surface area contributed by atoms with E-state index >= 15 is 0 Å². The van der Waals surface area contributed by atoms with Crippen molar-refractivity contribution in [2.45, 2.75) is 32.6 Å². The molecule has 1 aliphatic rings. The fourth-order valence-electron chi connectivity index (χ4n) is 2.23. The van der Waals surface area contributed by atoms with Crippen LogP contribution in [0.3, 0.4) is 0 Å². The van der Waals surface area contributed by atoms with Crippen LogP contribution in [0.5, 0.6) is 0 Å². The highest BCUT2D eigenvalue weighted by molar-refractivity contribution is 6.01. The maximum absolute atomic E-state index is 12.1. The van der Waals surface area contributed by atoms with Crippen molar-refractivity contribution in [2.75, 3.05) is 0 Å². The molecule has 1 atom stereocenters. The van der Waals surface area contributed by atoms with Crippen LogP contribution >= 0.6 is 0 Å². The smallest absolute Gasteiger partial charge is 0.161 e. The average Bonchev–Trinajstić information content (AvgIpc) is 2.46. The van der Waals surface area contributed by atoms with Gasteiger partial charge in [-0.3, -0.25) is 4.79 Å². The molecule has 0 radical (unpaired) electrons. The van der Waals surface area contributed by atoms with Crippen molar-refractivity contribution in [3.8, 4) is 0 Å². The van der Waals surface area contributed by atoms with Crippen molar-refractivity contribution in [3.63, 3.8) is 0 Å². The zero-order valence-electron chi connectivity index (χ0n) is 9.78. The number of allylic oxidation sites excluding steroid dienone is 1. The van der Waals surface area contributed by atoms with Crippen molar-refractivity contribution < 1.29 is 4.79 Å². The standard InChI is InChI=1S/C15H18O/c1-12-7-5-6-10-14(15(12)16)11-13-8-3-2-4-9-13/h2-4,8-9,11-12H,5-7,10H2,1H3/b14-11+. The maximum atomic E-state index is 12.1. The minimum absolute atomic E-state index is 0.206. The lowest BCUT2D eigenvalue weighted by molar-refractivity contribution is -0.118. The quantitative estimate of drug-likeness (QED) is 0.512. The number of hydrogen-bond acceptors (Lipinski definition) is 1. The predicted octanol–water partition coefficient (Wildman–Crippen LogP) is 3.85. The normalized spacial score (nSPS) is 24.4. The molecule has 0 bridgehead atoms. The van der Waals surface area contributed by atoms with Crippen LogP contribution in [0.15, 0.2) is 35.9 Å². The Hall–Kier alpha value is -1.37. The van der Waals surface area contributed by atoms with Gasteiger partial charge >= 0.3 is 0 Å². The van der Waals surface area contributed by atoms with Crippen LogP contribution in [-0.2, 0) is 4.79 Å². The van der Waals surface area contributed by atoms with Gasteiger partial charge in [0.15, 0.2) is 5.78 Å². The van der Waals surface area contributed by atoms with Gasteiger partial charge in [-0.15, -0.1) is 0 Å². The van der Waals surface area contributed by atoms with E-state index in [1.165, 1.54) is 6.42 Å². The molecule has 1 fully saturated rings. The minimum atomic E-state index is 0.206. The molecule has 1 aliphatic carbocycles. The summed E-state index contributed by atoms with van der Waals surface area (Å²) in [7, 11) is 0. The van der Waals surface area contributed by atoms with Gasteiger partial charge in [-0.1, -0.05) is 43.7 Å². The fraction of sp³-hybridized carbons (Fsp3) is 0.400. The van der Waals surface area contributed by atoms with Gasteiger partial charge in [0, 0.05) is 5.92 Å². The summed E-state index contributed by atoms with van der Waals surface area (Å²) < 4.78 is 0. The summed E-state index contributed by atoms with van der Waals surface area (Å²) in [5, 5.41) is 0. The highest BCUT2D eigenvalue weighted by atomic mass is 16.1. The molecule has 0 aliphatic heterocycles. The van der Waals surface area contributed by atoms with Gasteiger partial charge in [0.05, 0.1) is 0 Å². The topological polar surface area (TPSA) is 17.1 Å². The molecule has 16 heavy (non-hydrogen) atoms. The molecule has 1 saturated carbocycles. The lowest BCUT2D eigenvalue weighted by atomic mass is 9.96. The van der Waals surface area contributed by atoms with Gasteiger partial charge in [-0.25, -0.2) is 0 Å². The molecule has 0 spiro atoms. The van der Waals surface area contributed by atoms with Crippen molar-refractivity contribution in [1.29, 1.82) is 0 Å². The van der Waals surface area contributed by atoms with Crippen molar-refractivity contribution in [3.05, 3.63) is 41.5 Å². The second-order valence-electron chi connectivity index (χ2n) is 4.59. The second-order valence-corrected chi connectivity index (χ2v) is 4.59. The first kappa shape index (κ1) is 11.1. The van der Waals surface area contributed by atoms with Crippen LogP contribution in [0.2, 0.25) is 0 Å². The number of benzene rings is 1. The Labute approximate surface area is 97.2 Å². The number of ketones is 1. The first-order chi connectivity index (χ1) is 7.77. The number of carbonyl (C=O) groups excluding carboxylic acids is 1. The van der Waals surface area contributed by atoms with Gasteiger partial charge in [-0.2, -0.15) is 0 Å². The van der Waals surface area contributed by atoms with Crippen LogP contribution in [-0.4, -0.2) is 5.78 Å². The molecule has 2 rings (SSSR count). The van der Waals surface area contributed by atoms with E-state index in [4.69, 9.17) is 0 Å². The highest BCUT2D eigenvalue weighted by Crippen LogP contribution is 2.25. The third-order valence-corrected chi connectivity index (χ3v) is 3.24. The molecule has 1 unspecified atom stereocenters. The summed E-state index contributed by atoms with van der Waals surface area (Å²) in [6.45, 7) is 2.05. The Morgan fingerprint density at radius 1 is 1.19 bits per heavy atom.